The molecule has 8 heteroatoms. The van der Waals surface area contributed by atoms with Gasteiger partial charge < -0.3 is 9.47 Å². The van der Waals surface area contributed by atoms with Gasteiger partial charge in [-0.3, -0.25) is 9.59 Å². The number of carbonyl (C=O) groups excluding carboxylic acids is 2. The summed E-state index contributed by atoms with van der Waals surface area (Å²) in [4.78, 5) is 33.0. The molecule has 0 aromatic heterocycles. The molecule has 0 amide bonds. The van der Waals surface area contributed by atoms with Crippen LogP contribution in [0.4, 0.5) is 0 Å². The monoisotopic (exact) mass is 1230 g/mol. The predicted octanol–water partition coefficient (Wildman–Crippen LogP) is 18.6. The van der Waals surface area contributed by atoms with Gasteiger partial charge in [0.05, 0.1) is 12.5 Å². The van der Waals surface area contributed by atoms with Gasteiger partial charge in [-0.2, -0.15) is 0 Å². The SMILES string of the molecule is CC(C)(C)c1ccc([S+]2CCCCC2)cc1.COc1c(C)cc([S+]2CCCCC2)cc1C.Cc1cc([S+]2CCCC2)cc(C)c1CC(=O)C12CC3CC(CC(C3)C1)C2.Cc1cc([S+]2CCCCC2)cc(C)c1OC(=O)C12CC3CC(CC(C3)C1)C2. The minimum Gasteiger partial charge on any atom is -0.496 e. The molecule has 4 nitrogen and oxygen atoms in total. The molecule has 4 heterocycles. The van der Waals surface area contributed by atoms with Gasteiger partial charge in [0, 0.05) is 55.4 Å². The number of esters is 1. The number of aryl methyl sites for hydroxylation is 6. The molecule has 85 heavy (non-hydrogen) atoms. The van der Waals surface area contributed by atoms with Crippen molar-refractivity contribution in [2.45, 2.75) is 241 Å². The number of hydrogen-bond donors (Lipinski definition) is 0. The maximum atomic E-state index is 13.5. The number of rotatable bonds is 10. The van der Waals surface area contributed by atoms with E-state index in [2.05, 4.69) is 123 Å². The molecule has 16 rings (SSSR count). The van der Waals surface area contributed by atoms with Crippen LogP contribution in [0.2, 0.25) is 0 Å². The molecule has 12 fully saturated rings. The van der Waals surface area contributed by atoms with Gasteiger partial charge in [-0.1, -0.05) is 32.9 Å². The molecule has 462 valence electrons. The molecule has 12 aliphatic rings. The van der Waals surface area contributed by atoms with E-state index in [1.54, 1.807) is 21.8 Å². The molecule has 8 bridgehead atoms. The largest absolute Gasteiger partial charge is 0.496 e. The van der Waals surface area contributed by atoms with E-state index in [0.717, 1.165) is 77.4 Å². The van der Waals surface area contributed by atoms with Crippen LogP contribution in [0, 0.1) is 87.9 Å². The number of benzene rings is 4. The van der Waals surface area contributed by atoms with Crippen LogP contribution in [0.1, 0.15) is 213 Å². The fraction of sp³-hybridized carbons (Fsp3) is 0.662. The van der Waals surface area contributed by atoms with Gasteiger partial charge in [0.15, 0.2) is 19.6 Å². The van der Waals surface area contributed by atoms with Crippen LogP contribution in [0.3, 0.4) is 0 Å². The molecule has 8 aliphatic carbocycles. The standard InChI is InChI=1S/C24H33O2S.C24H33OS.C15H23S.C14H21OS/c1-16-8-21(27-6-4-3-5-7-27)9-17(2)22(16)26-23(25)24-13-18-10-19(14-24)12-20(11-18)15-24;1-16-7-21(26-5-3-4-6-26)8-17(2)22(16)12-23(25)24-13-18-9-19(14-24)11-20(10-18)15-24;1-15(2,3)13-7-9-14(10-8-13)16-11-5-4-6-12-16;1-11-9-13(10-12(2)14(11)15-3)16-7-5-4-6-8-16/h8-9,18-20H,3-7,10-15H2,1-2H3;7-8,18-20H,3-6,9-15H2,1-2H3;7-10H,4-6,11-12H2,1-3H3;9-10H,4-8H2,1-3H3/q4*+1. The van der Waals surface area contributed by atoms with E-state index in [0.29, 0.717) is 55.8 Å². The highest BCUT2D eigenvalue weighted by Gasteiger charge is 2.56. The minimum atomic E-state index is -0.169. The fourth-order valence-electron chi connectivity index (χ4n) is 18.6. The van der Waals surface area contributed by atoms with Crippen molar-refractivity contribution in [2.75, 3.05) is 53.1 Å². The smallest absolute Gasteiger partial charge is 0.317 e. The first-order valence-electron chi connectivity index (χ1n) is 34.3. The number of hydrogen-bond acceptors (Lipinski definition) is 4. The van der Waals surface area contributed by atoms with Gasteiger partial charge in [-0.15, -0.1) is 0 Å². The maximum Gasteiger partial charge on any atom is 0.317 e. The van der Waals surface area contributed by atoms with E-state index in [4.69, 9.17) is 9.47 Å². The molecule has 4 aromatic carbocycles. The molecule has 0 radical (unpaired) electrons. The Labute approximate surface area is 528 Å². The van der Waals surface area contributed by atoms with Crippen LogP contribution in [0.5, 0.6) is 11.5 Å². The van der Waals surface area contributed by atoms with E-state index in [1.807, 2.05) is 0 Å². The first kappa shape index (κ1) is 63.8. The Morgan fingerprint density at radius 3 is 1.07 bits per heavy atom. The third-order valence-electron chi connectivity index (χ3n) is 22.3. The molecule has 0 N–H and O–H groups in total. The summed E-state index contributed by atoms with van der Waals surface area (Å²) in [6.07, 6.45) is 31.4. The van der Waals surface area contributed by atoms with Crippen molar-refractivity contribution in [2.24, 2.45) is 46.3 Å². The van der Waals surface area contributed by atoms with Gasteiger partial charge in [-0.05, 0) is 323 Å². The van der Waals surface area contributed by atoms with Crippen molar-refractivity contribution in [3.63, 3.8) is 0 Å². The van der Waals surface area contributed by atoms with E-state index in [1.165, 1.54) is 213 Å². The van der Waals surface area contributed by atoms with Crippen LogP contribution in [-0.4, -0.2) is 64.9 Å². The first-order valence-corrected chi connectivity index (χ1v) is 40.5. The van der Waals surface area contributed by atoms with Crippen molar-refractivity contribution in [1.29, 1.82) is 0 Å². The summed E-state index contributed by atoms with van der Waals surface area (Å²) < 4.78 is 11.6. The quantitative estimate of drug-likeness (QED) is 0.0902. The molecule has 4 saturated heterocycles. The Hall–Kier alpha value is -2.78. The Kier molecular flexibility index (Phi) is 20.8. The number of Topliss-reactive ketones (excluding diaryl/α,β-unsaturated/α-hetero) is 1. The lowest BCUT2D eigenvalue weighted by molar-refractivity contribution is -0.161. The molecule has 0 unspecified atom stereocenters. The highest BCUT2D eigenvalue weighted by Crippen LogP contribution is 2.62. The first-order chi connectivity index (χ1) is 40.8. The second-order valence-electron chi connectivity index (χ2n) is 30.2. The van der Waals surface area contributed by atoms with E-state index in [-0.39, 0.29) is 22.2 Å². The topological polar surface area (TPSA) is 52.6 Å². The number of carbonyl (C=O) groups is 2. The summed E-state index contributed by atoms with van der Waals surface area (Å²) >= 11 is 0. The summed E-state index contributed by atoms with van der Waals surface area (Å²) in [6, 6.07) is 23.5. The molecule has 0 spiro atoms. The predicted molar refractivity (Wildman–Crippen MR) is 367 cm³/mol. The van der Waals surface area contributed by atoms with Crippen molar-refractivity contribution in [3.05, 3.63) is 105 Å². The van der Waals surface area contributed by atoms with Gasteiger partial charge in [0.1, 0.15) is 63.3 Å². The summed E-state index contributed by atoms with van der Waals surface area (Å²) in [7, 11) is 3.70. The minimum absolute atomic E-state index is 0.0551. The van der Waals surface area contributed by atoms with Gasteiger partial charge in [-0.25, -0.2) is 0 Å². The van der Waals surface area contributed by atoms with Gasteiger partial charge in [0.2, 0.25) is 0 Å². The lowest BCUT2D eigenvalue weighted by Gasteiger charge is -2.56. The number of ether oxygens (including phenoxy) is 2. The summed E-state index contributed by atoms with van der Waals surface area (Å²) in [5.41, 5.74) is 10.6. The van der Waals surface area contributed by atoms with Crippen LogP contribution >= 0.6 is 0 Å². The molecular weight excluding hydrogens is 1120 g/mol. The average Bonchev–Trinajstić information content (AvgIpc) is 1.69. The Balaban J connectivity index is 0.000000122. The Morgan fingerprint density at radius 1 is 0.424 bits per heavy atom. The number of ketones is 1. The zero-order valence-corrected chi connectivity index (χ0v) is 57.9. The second-order valence-corrected chi connectivity index (χ2v) is 39.3. The highest BCUT2D eigenvalue weighted by molar-refractivity contribution is 7.97. The Morgan fingerprint density at radius 2 is 0.729 bits per heavy atom. The summed E-state index contributed by atoms with van der Waals surface area (Å²) in [5, 5.41) is 0. The molecule has 4 aromatic rings. The molecule has 0 atom stereocenters. The summed E-state index contributed by atoms with van der Waals surface area (Å²) in [5.74, 6) is 18.6. The third kappa shape index (κ3) is 15.0. The van der Waals surface area contributed by atoms with Crippen LogP contribution in [-0.2, 0) is 65.0 Å². The maximum absolute atomic E-state index is 13.5. The second kappa shape index (κ2) is 27.8. The van der Waals surface area contributed by atoms with Crippen molar-refractivity contribution in [3.8, 4) is 11.5 Å². The van der Waals surface area contributed by atoms with E-state index in [9.17, 15) is 9.59 Å². The van der Waals surface area contributed by atoms with Crippen LogP contribution < -0.4 is 9.47 Å². The Bertz CT molecular complexity index is 2800. The van der Waals surface area contributed by atoms with Gasteiger partial charge in [0.25, 0.3) is 0 Å². The fourth-order valence-corrected chi connectivity index (χ4v) is 28.3. The lowest BCUT2D eigenvalue weighted by Crippen LogP contribution is -2.51. The molecule has 4 aliphatic heterocycles. The van der Waals surface area contributed by atoms with Crippen LogP contribution in [0.15, 0.2) is 80.2 Å². The van der Waals surface area contributed by atoms with Crippen molar-refractivity contribution < 1.29 is 19.1 Å². The normalized spacial score (nSPS) is 29.1. The van der Waals surface area contributed by atoms with Crippen molar-refractivity contribution >= 4 is 55.3 Å². The third-order valence-corrected chi connectivity index (χ3v) is 32.2. The average molecular weight is 1230 g/mol. The van der Waals surface area contributed by atoms with E-state index >= 15 is 0 Å². The zero-order valence-electron chi connectivity index (χ0n) is 54.6. The van der Waals surface area contributed by atoms with Crippen molar-refractivity contribution in [1.82, 2.24) is 0 Å². The lowest BCUT2D eigenvalue weighted by atomic mass is 9.48. The molecule has 8 saturated carbocycles. The zero-order chi connectivity index (χ0) is 59.6. The van der Waals surface area contributed by atoms with Crippen LogP contribution in [0.25, 0.3) is 0 Å². The number of methoxy groups -OCH3 is 1. The van der Waals surface area contributed by atoms with Gasteiger partial charge >= 0.3 is 5.97 Å². The summed E-state index contributed by atoms with van der Waals surface area (Å²) in [6.45, 7) is 19.9. The highest BCUT2D eigenvalue weighted by atomic mass is 32.2. The molecular formula is C77H110O4S4+4. The van der Waals surface area contributed by atoms with E-state index < -0.39 is 0 Å².